The Morgan fingerprint density at radius 1 is 1.47 bits per heavy atom. The first-order valence-corrected chi connectivity index (χ1v) is 4.70. The van der Waals surface area contributed by atoms with Crippen LogP contribution < -0.4 is 4.74 Å². The van der Waals surface area contributed by atoms with Crippen molar-refractivity contribution in [2.75, 3.05) is 14.2 Å². The second kappa shape index (κ2) is 5.56. The van der Waals surface area contributed by atoms with Crippen LogP contribution in [-0.2, 0) is 9.53 Å². The first-order chi connectivity index (χ1) is 8.13. The van der Waals surface area contributed by atoms with Gasteiger partial charge < -0.3 is 14.6 Å². The van der Waals surface area contributed by atoms with E-state index in [1.54, 1.807) is 24.3 Å². The van der Waals surface area contributed by atoms with E-state index in [9.17, 15) is 9.90 Å². The maximum Gasteiger partial charge on any atom is 0.348 e. The third-order valence-electron chi connectivity index (χ3n) is 2.08. The normalized spacial score (nSPS) is 10.5. The van der Waals surface area contributed by atoms with Gasteiger partial charge in [0, 0.05) is 5.56 Å². The molecule has 88 valence electrons. The standard InChI is InChI=1S/C12H11NO4/c1-16-10-5-3-4-8(11(10)14)6-9(7-13)12(15)17-2/h3-6,14H,1-2H3/b9-6+. The van der Waals surface area contributed by atoms with E-state index < -0.39 is 5.97 Å². The molecule has 0 amide bonds. The van der Waals surface area contributed by atoms with Crippen LogP contribution in [0.5, 0.6) is 11.5 Å². The molecule has 5 nitrogen and oxygen atoms in total. The van der Waals surface area contributed by atoms with E-state index in [-0.39, 0.29) is 17.1 Å². The van der Waals surface area contributed by atoms with Gasteiger partial charge in [0.05, 0.1) is 14.2 Å². The fourth-order valence-electron chi connectivity index (χ4n) is 1.22. The van der Waals surface area contributed by atoms with E-state index >= 15 is 0 Å². The van der Waals surface area contributed by atoms with E-state index in [0.717, 1.165) is 0 Å². The number of benzene rings is 1. The summed E-state index contributed by atoms with van der Waals surface area (Å²) in [5, 5.41) is 18.5. The minimum atomic E-state index is -0.755. The topological polar surface area (TPSA) is 79.6 Å². The summed E-state index contributed by atoms with van der Waals surface area (Å²) < 4.78 is 9.34. The summed E-state index contributed by atoms with van der Waals surface area (Å²) >= 11 is 0. The Morgan fingerprint density at radius 3 is 2.71 bits per heavy atom. The maximum absolute atomic E-state index is 11.2. The number of para-hydroxylation sites is 1. The number of methoxy groups -OCH3 is 2. The van der Waals surface area contributed by atoms with Crippen molar-refractivity contribution in [2.24, 2.45) is 0 Å². The van der Waals surface area contributed by atoms with Crippen LogP contribution in [0.25, 0.3) is 6.08 Å². The molecule has 0 radical (unpaired) electrons. The number of esters is 1. The second-order valence-electron chi connectivity index (χ2n) is 3.06. The Kier molecular flexibility index (Phi) is 4.12. The number of ether oxygens (including phenoxy) is 2. The van der Waals surface area contributed by atoms with Crippen molar-refractivity contribution in [1.29, 1.82) is 5.26 Å². The zero-order valence-electron chi connectivity index (χ0n) is 9.43. The molecule has 0 saturated carbocycles. The molecule has 0 spiro atoms. The van der Waals surface area contributed by atoms with Gasteiger partial charge in [0.15, 0.2) is 11.5 Å². The van der Waals surface area contributed by atoms with Crippen molar-refractivity contribution in [3.8, 4) is 17.6 Å². The van der Waals surface area contributed by atoms with Crippen LogP contribution in [0.3, 0.4) is 0 Å². The van der Waals surface area contributed by atoms with Crippen LogP contribution in [0, 0.1) is 11.3 Å². The van der Waals surface area contributed by atoms with Crippen LogP contribution in [-0.4, -0.2) is 25.3 Å². The average Bonchev–Trinajstić information content (AvgIpc) is 2.36. The average molecular weight is 233 g/mol. The summed E-state index contributed by atoms with van der Waals surface area (Å²) in [6.45, 7) is 0. The minimum absolute atomic E-state index is 0.133. The maximum atomic E-state index is 11.2. The van der Waals surface area contributed by atoms with Gasteiger partial charge >= 0.3 is 5.97 Å². The minimum Gasteiger partial charge on any atom is -0.504 e. The molecule has 0 unspecified atom stereocenters. The number of aromatic hydroxyl groups is 1. The first kappa shape index (κ1) is 12.6. The van der Waals surface area contributed by atoms with Gasteiger partial charge in [0.2, 0.25) is 0 Å². The summed E-state index contributed by atoms with van der Waals surface area (Å²) in [7, 11) is 2.59. The van der Waals surface area contributed by atoms with Gasteiger partial charge in [-0.2, -0.15) is 5.26 Å². The number of nitrogens with zero attached hydrogens (tertiary/aromatic N) is 1. The molecule has 1 N–H and O–H groups in total. The molecule has 0 atom stereocenters. The molecule has 0 fully saturated rings. The highest BCUT2D eigenvalue weighted by atomic mass is 16.5. The first-order valence-electron chi connectivity index (χ1n) is 4.70. The van der Waals surface area contributed by atoms with Gasteiger partial charge in [-0.3, -0.25) is 0 Å². The molecule has 0 bridgehead atoms. The molecule has 1 rings (SSSR count). The fraction of sp³-hybridized carbons (Fsp3) is 0.167. The predicted octanol–water partition coefficient (Wildman–Crippen LogP) is 1.48. The van der Waals surface area contributed by atoms with E-state index in [1.165, 1.54) is 20.3 Å². The largest absolute Gasteiger partial charge is 0.504 e. The molecule has 1 aromatic rings. The monoisotopic (exact) mass is 233 g/mol. The van der Waals surface area contributed by atoms with E-state index in [1.807, 2.05) is 0 Å². The summed E-state index contributed by atoms with van der Waals surface area (Å²) in [5.41, 5.74) is 0.113. The highest BCUT2D eigenvalue weighted by Crippen LogP contribution is 2.30. The molecule has 0 aliphatic heterocycles. The number of nitriles is 1. The van der Waals surface area contributed by atoms with Gasteiger partial charge in [-0.05, 0) is 12.1 Å². The number of carbonyl (C=O) groups is 1. The number of phenols is 1. The third kappa shape index (κ3) is 2.75. The van der Waals surface area contributed by atoms with Crippen LogP contribution >= 0.6 is 0 Å². The van der Waals surface area contributed by atoms with Gasteiger partial charge in [-0.15, -0.1) is 0 Å². The summed E-state index contributed by atoms with van der Waals surface area (Å²) in [6, 6.07) is 6.46. The van der Waals surface area contributed by atoms with Gasteiger partial charge in [0.1, 0.15) is 11.6 Å². The van der Waals surface area contributed by atoms with Gasteiger partial charge in [0.25, 0.3) is 0 Å². The lowest BCUT2D eigenvalue weighted by molar-refractivity contribution is -0.135. The van der Waals surface area contributed by atoms with Gasteiger partial charge in [-0.1, -0.05) is 12.1 Å². The quantitative estimate of drug-likeness (QED) is 0.486. The van der Waals surface area contributed by atoms with Crippen LogP contribution in [0.2, 0.25) is 0 Å². The number of phenolic OH excluding ortho intramolecular Hbond substituents is 1. The van der Waals surface area contributed by atoms with Gasteiger partial charge in [-0.25, -0.2) is 4.79 Å². The molecular formula is C12H11NO4. The molecule has 0 saturated heterocycles. The molecule has 1 aromatic carbocycles. The zero-order valence-corrected chi connectivity index (χ0v) is 9.43. The number of hydrogen-bond donors (Lipinski definition) is 1. The van der Waals surface area contributed by atoms with Crippen molar-refractivity contribution in [2.45, 2.75) is 0 Å². The fourth-order valence-corrected chi connectivity index (χ4v) is 1.22. The summed E-state index contributed by atoms with van der Waals surface area (Å²) in [6.07, 6.45) is 1.24. The van der Waals surface area contributed by atoms with Crippen LogP contribution in [0.15, 0.2) is 23.8 Å². The lowest BCUT2D eigenvalue weighted by Crippen LogP contribution is -2.02. The van der Waals surface area contributed by atoms with Crippen molar-refractivity contribution < 1.29 is 19.4 Å². The second-order valence-corrected chi connectivity index (χ2v) is 3.06. The van der Waals surface area contributed by atoms with Crippen molar-refractivity contribution in [3.05, 3.63) is 29.3 Å². The predicted molar refractivity (Wildman–Crippen MR) is 60.3 cm³/mol. The van der Waals surface area contributed by atoms with Crippen molar-refractivity contribution >= 4 is 12.0 Å². The summed E-state index contributed by atoms with van der Waals surface area (Å²) in [5.74, 6) is -0.623. The molecule has 5 heteroatoms. The van der Waals surface area contributed by atoms with Crippen LogP contribution in [0.1, 0.15) is 5.56 Å². The highest BCUT2D eigenvalue weighted by Gasteiger charge is 2.11. The Hall–Kier alpha value is -2.48. The smallest absolute Gasteiger partial charge is 0.348 e. The van der Waals surface area contributed by atoms with Crippen molar-refractivity contribution in [3.63, 3.8) is 0 Å². The van der Waals surface area contributed by atoms with E-state index in [0.29, 0.717) is 5.56 Å². The Labute approximate surface area is 98.5 Å². The molecule has 17 heavy (non-hydrogen) atoms. The molecular weight excluding hydrogens is 222 g/mol. The van der Waals surface area contributed by atoms with E-state index in [4.69, 9.17) is 10.00 Å². The SMILES string of the molecule is COC(=O)/C(C#N)=C/c1cccc(OC)c1O. The summed E-state index contributed by atoms with van der Waals surface area (Å²) in [4.78, 5) is 11.2. The lowest BCUT2D eigenvalue weighted by Gasteiger charge is -2.05. The molecule has 0 aliphatic carbocycles. The Morgan fingerprint density at radius 2 is 2.18 bits per heavy atom. The number of rotatable bonds is 3. The zero-order chi connectivity index (χ0) is 12.8. The van der Waals surface area contributed by atoms with Crippen LogP contribution in [0.4, 0.5) is 0 Å². The van der Waals surface area contributed by atoms with Crippen molar-refractivity contribution in [1.82, 2.24) is 0 Å². The number of hydrogen-bond acceptors (Lipinski definition) is 5. The molecule has 0 aromatic heterocycles. The molecule has 0 heterocycles. The number of carbonyl (C=O) groups excluding carboxylic acids is 1. The highest BCUT2D eigenvalue weighted by molar-refractivity contribution is 5.98. The molecule has 0 aliphatic rings. The lowest BCUT2D eigenvalue weighted by atomic mass is 10.1. The third-order valence-corrected chi connectivity index (χ3v) is 2.08. The Balaban J connectivity index is 3.22. The Bertz CT molecular complexity index is 500. The van der Waals surface area contributed by atoms with E-state index in [2.05, 4.69) is 4.74 Å².